The minimum atomic E-state index is -2.51. The number of hydrogen-bond acceptors (Lipinski definition) is 4. The molecule has 0 bridgehead atoms. The number of phenols is 1. The molecule has 0 aliphatic heterocycles. The maximum Gasteiger partial charge on any atom is 0.246 e. The van der Waals surface area contributed by atoms with Gasteiger partial charge in [0.1, 0.15) is 22.4 Å². The van der Waals surface area contributed by atoms with Gasteiger partial charge in [-0.1, -0.05) is 97.9 Å². The van der Waals surface area contributed by atoms with Gasteiger partial charge >= 0.3 is 0 Å². The van der Waals surface area contributed by atoms with Crippen LogP contribution in [-0.2, 0) is 33.5 Å². The number of aryl methyl sites for hydroxylation is 2. The maximum absolute atomic E-state index is 9.66. The summed E-state index contributed by atoms with van der Waals surface area (Å²) in [6.45, 7) is 2.78. The van der Waals surface area contributed by atoms with E-state index < -0.39 is 18.6 Å². The summed E-state index contributed by atoms with van der Waals surface area (Å²) in [5.41, 5.74) is 3.49. The van der Waals surface area contributed by atoms with Crippen molar-refractivity contribution >= 4 is 60.3 Å². The minimum absolute atomic E-state index is 0. The largest absolute Gasteiger partial charge is 0.513 e. The standard InChI is InChI=1S/C31H26NO.C10H8N2O2.Ir/c1-19-18-32-27(16-22(19)17-31(2,3)4)26-11-7-10-24-25-15-14-21-13-12-20-8-5-6-9-23(20)28(21)30(25)33-29(24)26;1-11-5-9-12(6-11)10-7(13)3-2-4-8(10)14-9;/h5-10,12-16,18H,17H2,1-4H3;2-5,13H,1H3;/q-1;;/i1D3,17D2;;. The first-order valence-corrected chi connectivity index (χ1v) is 15.3. The zero-order valence-electron chi connectivity index (χ0n) is 31.7. The predicted octanol–water partition coefficient (Wildman–Crippen LogP) is 9.66. The Morgan fingerprint density at radius 3 is 2.56 bits per heavy atom. The van der Waals surface area contributed by atoms with Gasteiger partial charge in [-0.25, -0.2) is 0 Å². The van der Waals surface area contributed by atoms with Gasteiger partial charge in [0.05, 0.1) is 18.8 Å². The fourth-order valence-electron chi connectivity index (χ4n) is 6.20. The van der Waals surface area contributed by atoms with Gasteiger partial charge in [-0.2, -0.15) is 0 Å². The number of oxazole rings is 1. The summed E-state index contributed by atoms with van der Waals surface area (Å²) in [5.74, 6) is 0.203. The van der Waals surface area contributed by atoms with Gasteiger partial charge in [0.25, 0.3) is 0 Å². The van der Waals surface area contributed by atoms with Crippen molar-refractivity contribution in [2.75, 3.05) is 0 Å². The number of hydrogen-bond donors (Lipinski definition) is 1. The topological polar surface area (TPSA) is 67.7 Å². The van der Waals surface area contributed by atoms with Crippen molar-refractivity contribution in [2.45, 2.75) is 34.0 Å². The molecule has 1 radical (unpaired) electrons. The van der Waals surface area contributed by atoms with Crippen molar-refractivity contribution in [2.24, 2.45) is 12.5 Å². The first-order valence-electron chi connectivity index (χ1n) is 17.8. The molecule has 4 aromatic heterocycles. The van der Waals surface area contributed by atoms with E-state index in [1.807, 2.05) is 31.3 Å². The van der Waals surface area contributed by atoms with Crippen LogP contribution in [0.25, 0.3) is 71.6 Å². The van der Waals surface area contributed by atoms with Crippen molar-refractivity contribution in [3.63, 3.8) is 0 Å². The van der Waals surface area contributed by atoms with Gasteiger partial charge in [-0.3, -0.25) is 4.40 Å². The summed E-state index contributed by atoms with van der Waals surface area (Å²) in [5, 5.41) is 15.8. The van der Waals surface area contributed by atoms with Crippen LogP contribution >= 0.6 is 0 Å². The fraction of sp³-hybridized carbons (Fsp3) is 0.171. The van der Waals surface area contributed by atoms with Crippen LogP contribution in [-0.4, -0.2) is 14.5 Å². The third-order valence-electron chi connectivity index (χ3n) is 8.17. The van der Waals surface area contributed by atoms with Crippen molar-refractivity contribution < 1.29 is 45.5 Å². The molecule has 0 amide bonds. The monoisotopic (exact) mass is 814 g/mol. The number of rotatable bonds is 2. The van der Waals surface area contributed by atoms with Crippen molar-refractivity contribution in [3.8, 4) is 17.0 Å². The summed E-state index contributed by atoms with van der Waals surface area (Å²) in [6, 6.07) is 30.3. The number of fused-ring (bicyclic) bond motifs is 10. The van der Waals surface area contributed by atoms with Gasteiger partial charge in [0, 0.05) is 43.9 Å². The first kappa shape index (κ1) is 26.0. The average molecular weight is 814 g/mol. The second-order valence-corrected chi connectivity index (χ2v) is 12.8. The SMILES string of the molecule is C[n+]1[c-]n2c(c1)oc1cccc(O)c12.[2H]C([2H])([2H])c1cnc(-c2[c-]ccc3c2oc2c3ccc3ccc4ccccc4c32)cc1C([2H])([2H])C(C)(C)C.[Ir]. The van der Waals surface area contributed by atoms with E-state index in [0.29, 0.717) is 33.7 Å². The Labute approximate surface area is 298 Å². The molecule has 0 aliphatic carbocycles. The number of furan rings is 1. The Morgan fingerprint density at radius 1 is 0.938 bits per heavy atom. The van der Waals surface area contributed by atoms with E-state index in [0.717, 1.165) is 37.9 Å². The van der Waals surface area contributed by atoms with E-state index in [4.69, 9.17) is 15.7 Å². The predicted molar refractivity (Wildman–Crippen MR) is 188 cm³/mol. The molecule has 7 heteroatoms. The van der Waals surface area contributed by atoms with Crippen molar-refractivity contribution in [1.82, 2.24) is 9.38 Å². The van der Waals surface area contributed by atoms with E-state index in [2.05, 4.69) is 53.8 Å². The van der Waals surface area contributed by atoms with Gasteiger partial charge < -0.3 is 23.5 Å². The zero-order chi connectivity index (χ0) is 36.7. The molecule has 0 spiro atoms. The molecular weight excluding hydrogens is 775 g/mol. The number of para-hydroxylation sites is 1. The second-order valence-electron chi connectivity index (χ2n) is 12.8. The number of aromatic nitrogens is 3. The smallest absolute Gasteiger partial charge is 0.246 e. The number of imidazole rings is 1. The normalized spacial score (nSPS) is 14.0. The molecular formula is C41H34IrN3O3-. The molecule has 0 atom stereocenters. The van der Waals surface area contributed by atoms with Crippen LogP contribution in [0.2, 0.25) is 0 Å². The van der Waals surface area contributed by atoms with Crippen LogP contribution in [0.3, 0.4) is 0 Å². The maximum atomic E-state index is 9.66. The molecule has 5 aromatic carbocycles. The number of pyridine rings is 1. The molecule has 4 heterocycles. The second kappa shape index (κ2) is 11.9. The van der Waals surface area contributed by atoms with Crippen LogP contribution in [0.4, 0.5) is 0 Å². The van der Waals surface area contributed by atoms with Crippen LogP contribution < -0.4 is 4.57 Å². The van der Waals surface area contributed by atoms with E-state index in [9.17, 15) is 5.11 Å². The fourth-order valence-corrected chi connectivity index (χ4v) is 6.20. The summed E-state index contributed by atoms with van der Waals surface area (Å²) in [7, 11) is 1.86. The molecule has 6 nitrogen and oxygen atoms in total. The van der Waals surface area contributed by atoms with Crippen LogP contribution in [0.5, 0.6) is 5.75 Å². The molecule has 0 saturated heterocycles. The number of phenolic OH excluding ortho intramolecular Hbond substituents is 1. The molecule has 0 saturated carbocycles. The van der Waals surface area contributed by atoms with Gasteiger partial charge in [0.15, 0.2) is 0 Å². The molecule has 9 rings (SSSR count). The van der Waals surface area contributed by atoms with Crippen LogP contribution in [0.1, 0.15) is 38.8 Å². The molecule has 9 aromatic rings. The first-order chi connectivity index (χ1) is 24.6. The summed E-state index contributed by atoms with van der Waals surface area (Å²) in [6.07, 6.45) is 4.16. The van der Waals surface area contributed by atoms with Gasteiger partial charge in [0.2, 0.25) is 12.0 Å². The third-order valence-corrected chi connectivity index (χ3v) is 8.17. The summed E-state index contributed by atoms with van der Waals surface area (Å²) < 4.78 is 57.3. The van der Waals surface area contributed by atoms with E-state index in [1.165, 1.54) is 6.20 Å². The number of nitrogens with zero attached hydrogens (tertiary/aromatic N) is 3. The van der Waals surface area contributed by atoms with Crippen molar-refractivity contribution in [1.29, 1.82) is 0 Å². The van der Waals surface area contributed by atoms with Gasteiger partial charge in [-0.05, 0) is 58.2 Å². The third kappa shape index (κ3) is 5.43. The Bertz CT molecular complexity index is 2850. The molecule has 0 fully saturated rings. The molecule has 241 valence electrons. The summed E-state index contributed by atoms with van der Waals surface area (Å²) >= 11 is 0. The van der Waals surface area contributed by atoms with Crippen LogP contribution in [0.15, 0.2) is 106 Å². The Kier molecular flexibility index (Phi) is 6.47. The van der Waals surface area contributed by atoms with Crippen molar-refractivity contribution in [3.05, 3.63) is 121 Å². The molecule has 0 aliphatic rings. The van der Waals surface area contributed by atoms with Gasteiger partial charge in [-0.15, -0.1) is 18.2 Å². The average Bonchev–Trinajstić information content (AvgIpc) is 3.77. The molecule has 1 N–H and O–H groups in total. The summed E-state index contributed by atoms with van der Waals surface area (Å²) in [4.78, 5) is 4.49. The number of aromatic hydroxyl groups is 1. The Morgan fingerprint density at radius 2 is 1.73 bits per heavy atom. The number of benzene rings is 5. The quantitative estimate of drug-likeness (QED) is 0.107. The molecule has 48 heavy (non-hydrogen) atoms. The molecule has 0 unspecified atom stereocenters. The van der Waals surface area contributed by atoms with Crippen LogP contribution in [0, 0.1) is 24.7 Å². The Balaban J connectivity index is 0.000000242. The zero-order valence-corrected chi connectivity index (χ0v) is 29.1. The minimum Gasteiger partial charge on any atom is -0.513 e. The van der Waals surface area contributed by atoms with E-state index in [1.54, 1.807) is 60.2 Å². The van der Waals surface area contributed by atoms with E-state index >= 15 is 0 Å². The van der Waals surface area contributed by atoms with E-state index in [-0.39, 0.29) is 37.0 Å². The Hall–Kier alpha value is -4.97.